The highest BCUT2D eigenvalue weighted by molar-refractivity contribution is 5.74. The highest BCUT2D eigenvalue weighted by Crippen LogP contribution is 2.11. The number of amides is 2. The van der Waals surface area contributed by atoms with E-state index in [1.807, 2.05) is 45.0 Å². The van der Waals surface area contributed by atoms with E-state index in [0.29, 0.717) is 13.2 Å². The first-order valence-corrected chi connectivity index (χ1v) is 6.35. The van der Waals surface area contributed by atoms with Crippen molar-refractivity contribution in [3.05, 3.63) is 29.8 Å². The van der Waals surface area contributed by atoms with Gasteiger partial charge in [0.15, 0.2) is 0 Å². The summed E-state index contributed by atoms with van der Waals surface area (Å²) in [5.41, 5.74) is 1.20. The normalized spacial score (nSPS) is 11.7. The van der Waals surface area contributed by atoms with Crippen LogP contribution >= 0.6 is 0 Å². The Hall–Kier alpha value is -1.71. The third-order valence-electron chi connectivity index (χ3n) is 2.43. The Morgan fingerprint density at radius 3 is 2.61 bits per heavy atom. The predicted molar refractivity (Wildman–Crippen MR) is 73.0 cm³/mol. The fraction of sp³-hybridized carbons (Fsp3) is 0.500. The van der Waals surface area contributed by atoms with Crippen molar-refractivity contribution in [3.8, 4) is 5.75 Å². The zero-order valence-corrected chi connectivity index (χ0v) is 11.3. The molecule has 0 saturated carbocycles. The summed E-state index contributed by atoms with van der Waals surface area (Å²) in [4.78, 5) is 11.4. The van der Waals surface area contributed by atoms with E-state index in [9.17, 15) is 4.79 Å². The van der Waals surface area contributed by atoms with Gasteiger partial charge in [-0.15, -0.1) is 0 Å². The van der Waals surface area contributed by atoms with Gasteiger partial charge in [0.1, 0.15) is 12.4 Å². The number of carbonyl (C=O) groups excluding carboxylic acids is 1. The van der Waals surface area contributed by atoms with E-state index in [2.05, 4.69) is 10.6 Å². The lowest BCUT2D eigenvalue weighted by molar-refractivity contribution is 0.226. The summed E-state index contributed by atoms with van der Waals surface area (Å²) in [5.74, 6) is 0.822. The molecule has 100 valence electrons. The Bertz CT molecular complexity index is 363. The summed E-state index contributed by atoms with van der Waals surface area (Å²) >= 11 is 0. The topological polar surface area (TPSA) is 50.4 Å². The Balaban J connectivity index is 2.26. The maximum absolute atomic E-state index is 11.4. The van der Waals surface area contributed by atoms with Crippen molar-refractivity contribution >= 4 is 6.03 Å². The van der Waals surface area contributed by atoms with Gasteiger partial charge in [-0.3, -0.25) is 0 Å². The SMILES string of the molecule is CCCNC(=O)N[C@H](C)COc1ccc(C)cc1. The van der Waals surface area contributed by atoms with Crippen LogP contribution in [0.3, 0.4) is 0 Å². The molecule has 4 heteroatoms. The molecule has 0 radical (unpaired) electrons. The van der Waals surface area contributed by atoms with Crippen molar-refractivity contribution in [2.45, 2.75) is 33.2 Å². The Morgan fingerprint density at radius 1 is 1.33 bits per heavy atom. The van der Waals surface area contributed by atoms with Gasteiger partial charge in [-0.05, 0) is 32.4 Å². The van der Waals surface area contributed by atoms with Crippen LogP contribution in [0.1, 0.15) is 25.8 Å². The highest BCUT2D eigenvalue weighted by Gasteiger charge is 2.06. The first kappa shape index (κ1) is 14.4. The number of ether oxygens (including phenoxy) is 1. The summed E-state index contributed by atoms with van der Waals surface area (Å²) < 4.78 is 5.59. The van der Waals surface area contributed by atoms with Crippen LogP contribution < -0.4 is 15.4 Å². The van der Waals surface area contributed by atoms with E-state index in [1.165, 1.54) is 5.56 Å². The summed E-state index contributed by atoms with van der Waals surface area (Å²) in [7, 11) is 0. The lowest BCUT2D eigenvalue weighted by Crippen LogP contribution is -2.43. The highest BCUT2D eigenvalue weighted by atomic mass is 16.5. The molecule has 0 heterocycles. The first-order valence-electron chi connectivity index (χ1n) is 6.35. The molecule has 0 saturated heterocycles. The second-order valence-corrected chi connectivity index (χ2v) is 4.43. The molecule has 2 N–H and O–H groups in total. The van der Waals surface area contributed by atoms with Gasteiger partial charge in [0.2, 0.25) is 0 Å². The van der Waals surface area contributed by atoms with Crippen LogP contribution in [0, 0.1) is 6.92 Å². The van der Waals surface area contributed by atoms with E-state index in [0.717, 1.165) is 12.2 Å². The van der Waals surface area contributed by atoms with Crippen LogP contribution in [0.4, 0.5) is 4.79 Å². The maximum atomic E-state index is 11.4. The molecule has 0 unspecified atom stereocenters. The summed E-state index contributed by atoms with van der Waals surface area (Å²) in [5, 5.41) is 5.58. The molecule has 0 fully saturated rings. The zero-order chi connectivity index (χ0) is 13.4. The lowest BCUT2D eigenvalue weighted by atomic mass is 10.2. The van der Waals surface area contributed by atoms with E-state index >= 15 is 0 Å². The van der Waals surface area contributed by atoms with Crippen LogP contribution in [0.5, 0.6) is 5.75 Å². The van der Waals surface area contributed by atoms with Crippen LogP contribution in [-0.4, -0.2) is 25.2 Å². The van der Waals surface area contributed by atoms with Gasteiger partial charge in [0.05, 0.1) is 6.04 Å². The summed E-state index contributed by atoms with van der Waals surface area (Å²) in [6, 6.07) is 7.70. The van der Waals surface area contributed by atoms with E-state index < -0.39 is 0 Å². The van der Waals surface area contributed by atoms with Crippen LogP contribution in [0.2, 0.25) is 0 Å². The molecule has 0 aromatic heterocycles. The molecule has 1 atom stereocenters. The number of hydrogen-bond acceptors (Lipinski definition) is 2. The predicted octanol–water partition coefficient (Wildman–Crippen LogP) is 2.47. The van der Waals surface area contributed by atoms with Crippen LogP contribution in [-0.2, 0) is 0 Å². The molecule has 0 aliphatic heterocycles. The van der Waals surface area contributed by atoms with Gasteiger partial charge >= 0.3 is 6.03 Å². The zero-order valence-electron chi connectivity index (χ0n) is 11.3. The van der Waals surface area contributed by atoms with Crippen molar-refractivity contribution in [2.75, 3.05) is 13.2 Å². The fourth-order valence-electron chi connectivity index (χ4n) is 1.41. The number of carbonyl (C=O) groups is 1. The smallest absolute Gasteiger partial charge is 0.315 e. The minimum atomic E-state index is -0.142. The van der Waals surface area contributed by atoms with Gasteiger partial charge in [-0.2, -0.15) is 0 Å². The van der Waals surface area contributed by atoms with Crippen LogP contribution in [0.25, 0.3) is 0 Å². The molecule has 0 bridgehead atoms. The second kappa shape index (κ2) is 7.58. The molecule has 0 aliphatic carbocycles. The minimum Gasteiger partial charge on any atom is -0.491 e. The van der Waals surface area contributed by atoms with Crippen molar-refractivity contribution in [1.82, 2.24) is 10.6 Å². The number of benzene rings is 1. The minimum absolute atomic E-state index is 0.0249. The van der Waals surface area contributed by atoms with Gasteiger partial charge in [-0.1, -0.05) is 24.6 Å². The molecule has 4 nitrogen and oxygen atoms in total. The van der Waals surface area contributed by atoms with Gasteiger partial charge < -0.3 is 15.4 Å². The fourth-order valence-corrected chi connectivity index (χ4v) is 1.41. The number of aryl methyl sites for hydroxylation is 1. The number of urea groups is 1. The number of nitrogens with one attached hydrogen (secondary N) is 2. The average Bonchev–Trinajstić information content (AvgIpc) is 2.35. The quantitative estimate of drug-likeness (QED) is 0.815. The number of hydrogen-bond donors (Lipinski definition) is 2. The molecular formula is C14H22N2O2. The molecule has 0 spiro atoms. The Labute approximate surface area is 109 Å². The Morgan fingerprint density at radius 2 is 2.00 bits per heavy atom. The van der Waals surface area contributed by atoms with E-state index in [1.54, 1.807) is 0 Å². The van der Waals surface area contributed by atoms with Crippen molar-refractivity contribution in [1.29, 1.82) is 0 Å². The molecule has 1 aromatic rings. The molecular weight excluding hydrogens is 228 g/mol. The third-order valence-corrected chi connectivity index (χ3v) is 2.43. The molecule has 0 aliphatic rings. The van der Waals surface area contributed by atoms with E-state index in [4.69, 9.17) is 4.74 Å². The Kier molecular flexibility index (Phi) is 6.05. The average molecular weight is 250 g/mol. The standard InChI is InChI=1S/C14H22N2O2/c1-4-9-15-14(17)16-12(3)10-18-13-7-5-11(2)6-8-13/h5-8,12H,4,9-10H2,1-3H3,(H2,15,16,17)/t12-/m1/s1. The van der Waals surface area contributed by atoms with Crippen molar-refractivity contribution in [2.24, 2.45) is 0 Å². The largest absolute Gasteiger partial charge is 0.491 e. The summed E-state index contributed by atoms with van der Waals surface area (Å²) in [6.45, 7) is 7.12. The van der Waals surface area contributed by atoms with Crippen molar-refractivity contribution < 1.29 is 9.53 Å². The van der Waals surface area contributed by atoms with Gasteiger partial charge in [0.25, 0.3) is 0 Å². The molecule has 2 amide bonds. The van der Waals surface area contributed by atoms with Gasteiger partial charge in [-0.25, -0.2) is 4.79 Å². The third kappa shape index (κ3) is 5.57. The summed E-state index contributed by atoms with van der Waals surface area (Å²) in [6.07, 6.45) is 0.932. The van der Waals surface area contributed by atoms with Gasteiger partial charge in [0, 0.05) is 6.54 Å². The maximum Gasteiger partial charge on any atom is 0.315 e. The lowest BCUT2D eigenvalue weighted by Gasteiger charge is -2.15. The monoisotopic (exact) mass is 250 g/mol. The molecule has 1 rings (SSSR count). The van der Waals surface area contributed by atoms with Crippen LogP contribution in [0.15, 0.2) is 24.3 Å². The molecule has 18 heavy (non-hydrogen) atoms. The second-order valence-electron chi connectivity index (χ2n) is 4.43. The first-order chi connectivity index (χ1) is 8.61. The molecule has 1 aromatic carbocycles. The number of rotatable bonds is 6. The van der Waals surface area contributed by atoms with Crippen molar-refractivity contribution in [3.63, 3.8) is 0 Å². The van der Waals surface area contributed by atoms with E-state index in [-0.39, 0.29) is 12.1 Å².